The Labute approximate surface area is 244 Å². The van der Waals surface area contributed by atoms with Crippen molar-refractivity contribution in [3.63, 3.8) is 0 Å². The molecule has 42 heavy (non-hydrogen) atoms. The predicted molar refractivity (Wildman–Crippen MR) is 155 cm³/mol. The summed E-state index contributed by atoms with van der Waals surface area (Å²) in [6.07, 6.45) is 0. The minimum atomic E-state index is -1.84. The standard InChI is InChI=1S/C33H22ClFN2O5/c1-41-23-13-8-20(9-14-23)18-37-31(39)30-28(29(38)24-16-22(35)12-15-27(24)42-30)33(37)25-4-2-3-5-26(25)36(32(33)40)17-19-6-10-21(34)11-7-19/h2-16H,17-18H2,1H3. The first kappa shape index (κ1) is 26.0. The smallest absolute Gasteiger partial charge is 0.291 e. The monoisotopic (exact) mass is 580 g/mol. The average molecular weight is 581 g/mol. The van der Waals surface area contributed by atoms with Gasteiger partial charge in [-0.05, 0) is 59.7 Å². The summed E-state index contributed by atoms with van der Waals surface area (Å²) in [7, 11) is 1.55. The molecule has 2 aliphatic rings. The highest BCUT2D eigenvalue weighted by Gasteiger charge is 2.65. The number of ether oxygens (including phenoxy) is 1. The van der Waals surface area contributed by atoms with Gasteiger partial charge in [-0.2, -0.15) is 0 Å². The van der Waals surface area contributed by atoms with Crippen LogP contribution in [-0.4, -0.2) is 23.8 Å². The zero-order valence-corrected chi connectivity index (χ0v) is 23.0. The summed E-state index contributed by atoms with van der Waals surface area (Å²) in [5.41, 5.74) is 0.00868. The molecule has 7 nitrogen and oxygen atoms in total. The molecule has 5 aromatic rings. The van der Waals surface area contributed by atoms with Gasteiger partial charge in [-0.1, -0.05) is 54.1 Å². The van der Waals surface area contributed by atoms with E-state index in [1.54, 1.807) is 72.7 Å². The molecule has 0 N–H and O–H groups in total. The number of fused-ring (bicyclic) bond motifs is 5. The van der Waals surface area contributed by atoms with Gasteiger partial charge in [0.1, 0.15) is 17.1 Å². The molecule has 0 saturated carbocycles. The van der Waals surface area contributed by atoms with Gasteiger partial charge in [0, 0.05) is 17.1 Å². The first-order valence-electron chi connectivity index (χ1n) is 13.2. The fourth-order valence-corrected chi connectivity index (χ4v) is 6.15. The third kappa shape index (κ3) is 3.68. The van der Waals surface area contributed by atoms with Gasteiger partial charge in [-0.3, -0.25) is 14.4 Å². The van der Waals surface area contributed by atoms with Gasteiger partial charge in [-0.15, -0.1) is 0 Å². The van der Waals surface area contributed by atoms with Crippen molar-refractivity contribution >= 4 is 40.1 Å². The molecule has 9 heteroatoms. The third-order valence-corrected chi connectivity index (χ3v) is 8.20. The summed E-state index contributed by atoms with van der Waals surface area (Å²) >= 11 is 6.10. The zero-order valence-electron chi connectivity index (χ0n) is 22.3. The number of hydrogen-bond donors (Lipinski definition) is 0. The highest BCUT2D eigenvalue weighted by molar-refractivity contribution is 6.30. The summed E-state index contributed by atoms with van der Waals surface area (Å²) in [6.45, 7) is 0.161. The van der Waals surface area contributed by atoms with E-state index < -0.39 is 28.6 Å². The fourth-order valence-electron chi connectivity index (χ4n) is 6.03. The molecule has 0 fully saturated rings. The van der Waals surface area contributed by atoms with Crippen LogP contribution in [0.1, 0.15) is 32.8 Å². The van der Waals surface area contributed by atoms with Crippen LogP contribution < -0.4 is 15.1 Å². The average Bonchev–Trinajstić information content (AvgIpc) is 3.39. The molecule has 0 aliphatic carbocycles. The van der Waals surface area contributed by atoms with Crippen LogP contribution in [-0.2, 0) is 23.4 Å². The molecule has 1 unspecified atom stereocenters. The molecule has 4 aromatic carbocycles. The number of hydrogen-bond acceptors (Lipinski definition) is 5. The lowest BCUT2D eigenvalue weighted by Gasteiger charge is -2.34. The van der Waals surface area contributed by atoms with E-state index in [4.69, 9.17) is 20.8 Å². The van der Waals surface area contributed by atoms with E-state index in [1.165, 1.54) is 11.0 Å². The van der Waals surface area contributed by atoms with Crippen molar-refractivity contribution in [2.45, 2.75) is 18.6 Å². The zero-order chi connectivity index (χ0) is 29.2. The van der Waals surface area contributed by atoms with Crippen molar-refractivity contribution in [1.29, 1.82) is 0 Å². The SMILES string of the molecule is COc1ccc(CN2C(=O)c3oc4ccc(F)cc4c(=O)c3C23C(=O)N(Cc2ccc(Cl)cc2)c2ccccc23)cc1. The Bertz CT molecular complexity index is 1970. The normalized spacial score (nSPS) is 17.3. The molecule has 7 rings (SSSR count). The second-order valence-electron chi connectivity index (χ2n) is 10.3. The number of carbonyl (C=O) groups excluding carboxylic acids is 2. The lowest BCUT2D eigenvalue weighted by Crippen LogP contribution is -2.52. The summed E-state index contributed by atoms with van der Waals surface area (Å²) in [6, 6.07) is 24.8. The fraction of sp³-hybridized carbons (Fsp3) is 0.121. The summed E-state index contributed by atoms with van der Waals surface area (Å²) < 4.78 is 25.6. The van der Waals surface area contributed by atoms with Crippen LogP contribution in [0.15, 0.2) is 100 Å². The molecule has 3 heterocycles. The van der Waals surface area contributed by atoms with Crippen molar-refractivity contribution in [3.05, 3.63) is 140 Å². The predicted octanol–water partition coefficient (Wildman–Crippen LogP) is 6.04. The topological polar surface area (TPSA) is 80.1 Å². The molecular formula is C33H22ClFN2O5. The maximum absolute atomic E-state index is 14.9. The number of para-hydroxylation sites is 1. The molecular weight excluding hydrogens is 559 g/mol. The van der Waals surface area contributed by atoms with Gasteiger partial charge in [0.15, 0.2) is 11.0 Å². The molecule has 0 bridgehead atoms. The Morgan fingerprint density at radius 2 is 1.57 bits per heavy atom. The lowest BCUT2D eigenvalue weighted by atomic mass is 9.83. The van der Waals surface area contributed by atoms with E-state index >= 15 is 0 Å². The van der Waals surface area contributed by atoms with E-state index in [2.05, 4.69) is 0 Å². The van der Waals surface area contributed by atoms with Crippen LogP contribution in [0.4, 0.5) is 10.1 Å². The van der Waals surface area contributed by atoms with Crippen LogP contribution in [0, 0.1) is 5.82 Å². The number of anilines is 1. The molecule has 208 valence electrons. The minimum absolute atomic E-state index is 0.00790. The maximum atomic E-state index is 14.9. The number of benzene rings is 4. The van der Waals surface area contributed by atoms with Gasteiger partial charge >= 0.3 is 0 Å². The van der Waals surface area contributed by atoms with Gasteiger partial charge < -0.3 is 19.0 Å². The van der Waals surface area contributed by atoms with Gasteiger partial charge in [0.25, 0.3) is 11.8 Å². The van der Waals surface area contributed by atoms with Crippen LogP contribution in [0.5, 0.6) is 5.75 Å². The van der Waals surface area contributed by atoms with Crippen LogP contribution in [0.25, 0.3) is 11.0 Å². The van der Waals surface area contributed by atoms with Crippen molar-refractivity contribution in [2.24, 2.45) is 0 Å². The largest absolute Gasteiger partial charge is 0.497 e. The van der Waals surface area contributed by atoms with Gasteiger partial charge in [0.05, 0.1) is 30.3 Å². The van der Waals surface area contributed by atoms with E-state index in [0.717, 1.165) is 17.7 Å². The second kappa shape index (κ2) is 9.56. The molecule has 2 aliphatic heterocycles. The first-order chi connectivity index (χ1) is 20.3. The van der Waals surface area contributed by atoms with Crippen molar-refractivity contribution in [3.8, 4) is 5.75 Å². The summed E-state index contributed by atoms with van der Waals surface area (Å²) in [5.74, 6) is -1.33. The second-order valence-corrected chi connectivity index (χ2v) is 10.7. The van der Waals surface area contributed by atoms with Crippen LogP contribution in [0.3, 0.4) is 0 Å². The highest BCUT2D eigenvalue weighted by Crippen LogP contribution is 2.53. The summed E-state index contributed by atoms with van der Waals surface area (Å²) in [4.78, 5) is 46.2. The number of methoxy groups -OCH3 is 1. The van der Waals surface area contributed by atoms with E-state index in [9.17, 15) is 18.8 Å². The van der Waals surface area contributed by atoms with E-state index in [-0.39, 0.29) is 35.4 Å². The highest BCUT2D eigenvalue weighted by atomic mass is 35.5. The maximum Gasteiger partial charge on any atom is 0.291 e. The Balaban J connectivity index is 1.49. The van der Waals surface area contributed by atoms with Crippen molar-refractivity contribution in [1.82, 2.24) is 4.90 Å². The quantitative estimate of drug-likeness (QED) is 0.253. The number of amides is 2. The number of halogens is 2. The third-order valence-electron chi connectivity index (χ3n) is 7.95. The molecule has 1 spiro atoms. The Morgan fingerprint density at radius 1 is 0.881 bits per heavy atom. The van der Waals surface area contributed by atoms with Crippen LogP contribution >= 0.6 is 11.6 Å². The van der Waals surface area contributed by atoms with Crippen molar-refractivity contribution < 1.29 is 23.1 Å². The van der Waals surface area contributed by atoms with E-state index in [0.29, 0.717) is 27.6 Å². The molecule has 2 amide bonds. The first-order valence-corrected chi connectivity index (χ1v) is 13.6. The summed E-state index contributed by atoms with van der Waals surface area (Å²) in [5, 5.41) is 0.509. The number of nitrogens with zero attached hydrogens (tertiary/aromatic N) is 2. The Hall–Kier alpha value is -4.95. The number of rotatable bonds is 5. The minimum Gasteiger partial charge on any atom is -0.497 e. The van der Waals surface area contributed by atoms with Crippen LogP contribution in [0.2, 0.25) is 5.02 Å². The van der Waals surface area contributed by atoms with E-state index in [1.807, 2.05) is 12.1 Å². The Kier molecular flexibility index (Phi) is 5.92. The molecule has 1 aromatic heterocycles. The molecule has 0 saturated heterocycles. The van der Waals surface area contributed by atoms with Crippen molar-refractivity contribution in [2.75, 3.05) is 12.0 Å². The number of carbonyl (C=O) groups is 2. The van der Waals surface area contributed by atoms with Gasteiger partial charge in [0.2, 0.25) is 5.76 Å². The molecule has 0 radical (unpaired) electrons. The van der Waals surface area contributed by atoms with Gasteiger partial charge in [-0.25, -0.2) is 4.39 Å². The lowest BCUT2D eigenvalue weighted by molar-refractivity contribution is -0.126. The molecule has 1 atom stereocenters. The Morgan fingerprint density at radius 3 is 2.31 bits per heavy atom.